The fraction of sp³-hybridized carbons (Fsp3) is 0.333. The molecule has 0 aromatic heterocycles. The summed E-state index contributed by atoms with van der Waals surface area (Å²) in [5.41, 5.74) is -1.90. The number of hydrogen-bond acceptors (Lipinski definition) is 3. The molecule has 0 radical (unpaired) electrons. The highest BCUT2D eigenvalue weighted by Crippen LogP contribution is 2.59. The van der Waals surface area contributed by atoms with Crippen LogP contribution in [0.3, 0.4) is 0 Å². The lowest BCUT2D eigenvalue weighted by molar-refractivity contribution is -0.156. The summed E-state index contributed by atoms with van der Waals surface area (Å²) in [6.45, 7) is 1.24. The molecule has 1 aromatic carbocycles. The minimum absolute atomic E-state index is 0.417. The fourth-order valence-corrected chi connectivity index (χ4v) is 2.25. The van der Waals surface area contributed by atoms with Crippen LogP contribution in [0.15, 0.2) is 24.3 Å². The monoisotopic (exact) mass is 257 g/mol. The van der Waals surface area contributed by atoms with E-state index in [2.05, 4.69) is 12.0 Å². The number of carbonyl (C=O) groups is 1. The zero-order valence-electron chi connectivity index (χ0n) is 10.4. The molecule has 1 saturated carbocycles. The molecule has 0 aliphatic heterocycles. The number of esters is 1. The van der Waals surface area contributed by atoms with Crippen molar-refractivity contribution in [2.75, 3.05) is 0 Å². The topological polar surface area (TPSA) is 50.1 Å². The summed E-state index contributed by atoms with van der Waals surface area (Å²) in [4.78, 5) is 11.3. The Hall–Kier alpha value is -2.33. The number of benzene rings is 1. The first kappa shape index (κ1) is 13.1. The standard InChI is InChI=1S/C15H12FNO2/c1-3-15(19-11(2)18,14(10-17)8-9-14)12-4-6-13(16)7-5-12/h1,4-7H,8-9H2,2H3/t15-/m0/s1. The predicted octanol–water partition coefficient (Wildman–Crippen LogP) is 2.52. The third kappa shape index (κ3) is 1.96. The first-order chi connectivity index (χ1) is 8.99. The molecule has 4 heteroatoms. The quantitative estimate of drug-likeness (QED) is 0.617. The number of halogens is 1. The Kier molecular flexibility index (Phi) is 3.04. The summed E-state index contributed by atoms with van der Waals surface area (Å²) in [7, 11) is 0. The van der Waals surface area contributed by atoms with Gasteiger partial charge in [0.15, 0.2) is 0 Å². The first-order valence-electron chi connectivity index (χ1n) is 5.84. The summed E-state index contributed by atoms with van der Waals surface area (Å²) in [5.74, 6) is 1.47. The van der Waals surface area contributed by atoms with Crippen LogP contribution in [-0.2, 0) is 15.1 Å². The van der Waals surface area contributed by atoms with E-state index in [-0.39, 0.29) is 0 Å². The molecule has 1 atom stereocenters. The molecule has 1 aliphatic rings. The zero-order valence-corrected chi connectivity index (χ0v) is 10.4. The van der Waals surface area contributed by atoms with Crippen molar-refractivity contribution < 1.29 is 13.9 Å². The molecule has 1 aliphatic carbocycles. The number of rotatable bonds is 3. The second-order valence-electron chi connectivity index (χ2n) is 4.62. The van der Waals surface area contributed by atoms with E-state index in [1.54, 1.807) is 0 Å². The molecule has 1 aromatic rings. The number of nitrogens with zero attached hydrogens (tertiary/aromatic N) is 1. The lowest BCUT2D eigenvalue weighted by Gasteiger charge is -2.32. The smallest absolute Gasteiger partial charge is 0.304 e. The Morgan fingerprint density at radius 1 is 1.47 bits per heavy atom. The lowest BCUT2D eigenvalue weighted by atomic mass is 9.79. The Morgan fingerprint density at radius 3 is 2.42 bits per heavy atom. The van der Waals surface area contributed by atoms with Crippen molar-refractivity contribution in [2.45, 2.75) is 25.4 Å². The molecule has 0 amide bonds. The van der Waals surface area contributed by atoms with Crippen molar-refractivity contribution >= 4 is 5.97 Å². The summed E-state index contributed by atoms with van der Waals surface area (Å²) in [6, 6.07) is 7.53. The largest absolute Gasteiger partial charge is 0.440 e. The van der Waals surface area contributed by atoms with Crippen LogP contribution in [0.2, 0.25) is 0 Å². The van der Waals surface area contributed by atoms with Crippen LogP contribution >= 0.6 is 0 Å². The zero-order chi connectivity index (χ0) is 14.1. The van der Waals surface area contributed by atoms with Crippen LogP contribution in [0.4, 0.5) is 4.39 Å². The molecular formula is C15H12FNO2. The molecule has 19 heavy (non-hydrogen) atoms. The van der Waals surface area contributed by atoms with Gasteiger partial charge >= 0.3 is 5.97 Å². The van der Waals surface area contributed by atoms with E-state index in [4.69, 9.17) is 11.2 Å². The van der Waals surface area contributed by atoms with Crippen LogP contribution in [0.1, 0.15) is 25.3 Å². The van der Waals surface area contributed by atoms with Crippen molar-refractivity contribution in [1.82, 2.24) is 0 Å². The highest BCUT2D eigenvalue weighted by Gasteiger charge is 2.63. The fourth-order valence-electron chi connectivity index (χ4n) is 2.25. The number of terminal acetylenes is 1. The van der Waals surface area contributed by atoms with E-state index in [0.717, 1.165) is 0 Å². The van der Waals surface area contributed by atoms with Gasteiger partial charge in [0.2, 0.25) is 5.60 Å². The first-order valence-corrected chi connectivity index (χ1v) is 5.84. The maximum atomic E-state index is 13.0. The van der Waals surface area contributed by atoms with E-state index < -0.39 is 22.8 Å². The molecule has 96 valence electrons. The molecule has 0 bridgehead atoms. The number of carbonyl (C=O) groups excluding carboxylic acids is 1. The molecule has 0 spiro atoms. The molecule has 0 N–H and O–H groups in total. The van der Waals surface area contributed by atoms with Crippen LogP contribution in [0.5, 0.6) is 0 Å². The summed E-state index contributed by atoms with van der Waals surface area (Å²) in [5, 5.41) is 9.34. The number of nitriles is 1. The van der Waals surface area contributed by atoms with Crippen LogP contribution in [0.25, 0.3) is 0 Å². The Bertz CT molecular complexity index is 590. The summed E-state index contributed by atoms with van der Waals surface area (Å²) in [6.07, 6.45) is 6.66. The van der Waals surface area contributed by atoms with Gasteiger partial charge in [0, 0.05) is 12.5 Å². The second-order valence-corrected chi connectivity index (χ2v) is 4.62. The van der Waals surface area contributed by atoms with Crippen LogP contribution in [0, 0.1) is 34.9 Å². The van der Waals surface area contributed by atoms with E-state index in [9.17, 15) is 14.4 Å². The SMILES string of the molecule is C#C[C@](OC(C)=O)(c1ccc(F)cc1)C1(C#N)CC1. The van der Waals surface area contributed by atoms with E-state index in [0.29, 0.717) is 18.4 Å². The Labute approximate surface area is 111 Å². The molecule has 1 fully saturated rings. The molecule has 2 rings (SSSR count). The molecule has 3 nitrogen and oxygen atoms in total. The van der Waals surface area contributed by atoms with Gasteiger partial charge in [0.1, 0.15) is 11.2 Å². The van der Waals surface area contributed by atoms with Crippen LogP contribution in [-0.4, -0.2) is 5.97 Å². The average Bonchev–Trinajstić information content (AvgIpc) is 3.18. The van der Waals surface area contributed by atoms with Gasteiger partial charge in [-0.2, -0.15) is 5.26 Å². The normalized spacial score (nSPS) is 18.5. The maximum absolute atomic E-state index is 13.0. The van der Waals surface area contributed by atoms with Gasteiger partial charge in [-0.3, -0.25) is 4.79 Å². The van der Waals surface area contributed by atoms with Crippen molar-refractivity contribution in [3.63, 3.8) is 0 Å². The number of hydrogen-bond donors (Lipinski definition) is 0. The molecule has 0 saturated heterocycles. The van der Waals surface area contributed by atoms with Gasteiger partial charge in [-0.05, 0) is 25.0 Å². The highest BCUT2D eigenvalue weighted by molar-refractivity contribution is 5.68. The van der Waals surface area contributed by atoms with E-state index in [1.165, 1.54) is 31.2 Å². The van der Waals surface area contributed by atoms with Gasteiger partial charge in [0.25, 0.3) is 0 Å². The van der Waals surface area contributed by atoms with E-state index >= 15 is 0 Å². The molecular weight excluding hydrogens is 245 g/mol. The summed E-state index contributed by atoms with van der Waals surface area (Å²) >= 11 is 0. The second kappa shape index (κ2) is 4.40. The Balaban J connectivity index is 2.57. The van der Waals surface area contributed by atoms with Gasteiger partial charge in [-0.25, -0.2) is 4.39 Å². The maximum Gasteiger partial charge on any atom is 0.304 e. The van der Waals surface area contributed by atoms with Crippen molar-refractivity contribution in [3.8, 4) is 18.4 Å². The lowest BCUT2D eigenvalue weighted by Crippen LogP contribution is -2.39. The summed E-state index contributed by atoms with van der Waals surface area (Å²) < 4.78 is 18.3. The number of ether oxygens (including phenoxy) is 1. The molecule has 0 unspecified atom stereocenters. The molecule has 0 heterocycles. The minimum atomic E-state index is -1.44. The van der Waals surface area contributed by atoms with Gasteiger partial charge in [-0.1, -0.05) is 18.1 Å². The van der Waals surface area contributed by atoms with Gasteiger partial charge < -0.3 is 4.74 Å². The van der Waals surface area contributed by atoms with Gasteiger partial charge in [-0.15, -0.1) is 6.42 Å². The predicted molar refractivity (Wildman–Crippen MR) is 66.0 cm³/mol. The van der Waals surface area contributed by atoms with E-state index in [1.807, 2.05) is 0 Å². The third-order valence-electron chi connectivity index (χ3n) is 3.39. The highest BCUT2D eigenvalue weighted by atomic mass is 19.1. The van der Waals surface area contributed by atoms with Crippen molar-refractivity contribution in [2.24, 2.45) is 5.41 Å². The Morgan fingerprint density at radius 2 is 2.05 bits per heavy atom. The van der Waals surface area contributed by atoms with Crippen molar-refractivity contribution in [1.29, 1.82) is 5.26 Å². The average molecular weight is 257 g/mol. The third-order valence-corrected chi connectivity index (χ3v) is 3.39. The van der Waals surface area contributed by atoms with Gasteiger partial charge in [0.05, 0.1) is 6.07 Å². The van der Waals surface area contributed by atoms with Crippen molar-refractivity contribution in [3.05, 3.63) is 35.6 Å². The van der Waals surface area contributed by atoms with Crippen LogP contribution < -0.4 is 0 Å². The minimum Gasteiger partial charge on any atom is -0.440 e.